The molecule has 1 N–H and O–H groups in total. The van der Waals surface area contributed by atoms with Crippen LogP contribution in [0.1, 0.15) is 32.4 Å². The summed E-state index contributed by atoms with van der Waals surface area (Å²) in [5.74, 6) is 0. The number of rotatable bonds is 4. The number of nitrogens with one attached hydrogen (secondary N) is 1. The van der Waals surface area contributed by atoms with Crippen LogP contribution >= 0.6 is 47.8 Å². The molecule has 0 fully saturated rings. The smallest absolute Gasteiger partial charge is 0.258 e. The molecule has 1 rings (SSSR count). The fourth-order valence-electron chi connectivity index (χ4n) is 1.40. The average molecular weight is 507 g/mol. The second-order valence-electron chi connectivity index (χ2n) is 5.32. The van der Waals surface area contributed by atoms with Crippen LogP contribution in [0, 0.1) is 10.1 Å². The Morgan fingerprint density at radius 2 is 1.67 bits per heavy atom. The molecular formula is C12H15Br3N2O3S. The second kappa shape index (κ2) is 7.16. The predicted molar refractivity (Wildman–Crippen MR) is 96.4 cm³/mol. The van der Waals surface area contributed by atoms with Gasteiger partial charge in [0.25, 0.3) is 5.69 Å². The van der Waals surface area contributed by atoms with Crippen molar-refractivity contribution in [2.45, 2.75) is 33.7 Å². The van der Waals surface area contributed by atoms with Gasteiger partial charge in [0.2, 0.25) is 0 Å². The molecule has 9 heteroatoms. The Morgan fingerprint density at radius 3 is 2.00 bits per heavy atom. The maximum absolute atomic E-state index is 12.3. The Bertz CT molecular complexity index is 538. The lowest BCUT2D eigenvalue weighted by molar-refractivity contribution is -0.384. The first-order valence-electron chi connectivity index (χ1n) is 5.92. The lowest BCUT2D eigenvalue weighted by atomic mass is 10.1. The molecule has 0 aliphatic carbocycles. The van der Waals surface area contributed by atoms with Crippen LogP contribution < -0.4 is 4.72 Å². The van der Waals surface area contributed by atoms with Gasteiger partial charge >= 0.3 is 0 Å². The highest BCUT2D eigenvalue weighted by Gasteiger charge is 2.35. The summed E-state index contributed by atoms with van der Waals surface area (Å²) in [4.78, 5) is 10.2. The molecule has 5 nitrogen and oxygen atoms in total. The number of halogens is 3. The van der Waals surface area contributed by atoms with Gasteiger partial charge in [0.05, 0.1) is 26.7 Å². The summed E-state index contributed by atoms with van der Waals surface area (Å²) >= 11 is 10.3. The minimum atomic E-state index is -1.30. The van der Waals surface area contributed by atoms with Crippen LogP contribution in [-0.2, 0) is 11.0 Å². The van der Waals surface area contributed by atoms with Crippen molar-refractivity contribution in [2.24, 2.45) is 0 Å². The van der Waals surface area contributed by atoms with Gasteiger partial charge < -0.3 is 0 Å². The third kappa shape index (κ3) is 5.70. The number of benzene rings is 1. The van der Waals surface area contributed by atoms with Crippen molar-refractivity contribution in [2.75, 3.05) is 0 Å². The van der Waals surface area contributed by atoms with Crippen molar-refractivity contribution in [1.29, 1.82) is 0 Å². The lowest BCUT2D eigenvalue weighted by Crippen LogP contribution is -2.40. The summed E-state index contributed by atoms with van der Waals surface area (Å²) in [6.07, 6.45) is 0. The Hall–Kier alpha value is 0.170. The monoisotopic (exact) mass is 504 g/mol. The molecule has 1 aromatic carbocycles. The SMILES string of the molecule is CC(C)(C)S(=O)N[C@@H](c1ccc([N+](=O)[O-])cc1)C(Br)(Br)Br. The van der Waals surface area contributed by atoms with Gasteiger partial charge in [-0.1, -0.05) is 59.9 Å². The first-order valence-corrected chi connectivity index (χ1v) is 9.45. The van der Waals surface area contributed by atoms with Crippen molar-refractivity contribution in [3.8, 4) is 0 Å². The van der Waals surface area contributed by atoms with E-state index in [-0.39, 0.29) is 5.69 Å². The minimum Gasteiger partial charge on any atom is -0.258 e. The molecule has 2 atom stereocenters. The quantitative estimate of drug-likeness (QED) is 0.370. The van der Waals surface area contributed by atoms with E-state index >= 15 is 0 Å². The third-order valence-electron chi connectivity index (χ3n) is 2.55. The molecule has 0 saturated carbocycles. The molecule has 0 spiro atoms. The Morgan fingerprint density at radius 1 is 1.19 bits per heavy atom. The maximum Gasteiger partial charge on any atom is 0.269 e. The number of alkyl halides is 3. The first-order chi connectivity index (χ1) is 9.43. The molecule has 0 heterocycles. The van der Waals surface area contributed by atoms with Crippen molar-refractivity contribution in [1.82, 2.24) is 4.72 Å². The summed E-state index contributed by atoms with van der Waals surface area (Å²) in [6.45, 7) is 5.59. The number of non-ortho nitro benzene ring substituents is 1. The van der Waals surface area contributed by atoms with E-state index < -0.39 is 28.8 Å². The Labute approximate surface area is 151 Å². The van der Waals surface area contributed by atoms with Gasteiger partial charge in [0.1, 0.15) is 0 Å². The zero-order chi connectivity index (χ0) is 16.4. The average Bonchev–Trinajstić information content (AvgIpc) is 2.33. The van der Waals surface area contributed by atoms with Gasteiger partial charge in [-0.2, -0.15) is 0 Å². The zero-order valence-corrected chi connectivity index (χ0v) is 17.2. The molecule has 118 valence electrons. The van der Waals surface area contributed by atoms with Crippen LogP contribution in [0.15, 0.2) is 24.3 Å². The number of nitro groups is 1. The van der Waals surface area contributed by atoms with Crippen LogP contribution in [0.25, 0.3) is 0 Å². The van der Waals surface area contributed by atoms with E-state index in [4.69, 9.17) is 0 Å². The van der Waals surface area contributed by atoms with E-state index in [1.165, 1.54) is 12.1 Å². The van der Waals surface area contributed by atoms with Crippen LogP contribution in [0.3, 0.4) is 0 Å². The second-order valence-corrected chi connectivity index (χ2v) is 14.3. The lowest BCUT2D eigenvalue weighted by Gasteiger charge is -2.29. The van der Waals surface area contributed by atoms with Crippen LogP contribution in [0.5, 0.6) is 0 Å². The molecular weight excluding hydrogens is 492 g/mol. The summed E-state index contributed by atoms with van der Waals surface area (Å²) in [5.41, 5.74) is 0.766. The van der Waals surface area contributed by atoms with Crippen molar-refractivity contribution >= 4 is 64.5 Å². The molecule has 0 aliphatic rings. The standard InChI is InChI=1S/C12H15Br3N2O3S/c1-11(2,3)21(20)16-10(12(13,14)15)8-4-6-9(7-5-8)17(18)19/h4-7,10,16H,1-3H3/t10-,21?/m0/s1. The highest BCUT2D eigenvalue weighted by atomic mass is 80.0. The Balaban J connectivity index is 3.09. The van der Waals surface area contributed by atoms with Gasteiger partial charge in [0, 0.05) is 12.1 Å². The molecule has 21 heavy (non-hydrogen) atoms. The van der Waals surface area contributed by atoms with Crippen molar-refractivity contribution in [3.63, 3.8) is 0 Å². The van der Waals surface area contributed by atoms with E-state index in [1.54, 1.807) is 12.1 Å². The van der Waals surface area contributed by atoms with E-state index in [0.29, 0.717) is 0 Å². The predicted octanol–water partition coefficient (Wildman–Crippen LogP) is 4.53. The summed E-state index contributed by atoms with van der Waals surface area (Å²) in [6, 6.07) is 5.70. The van der Waals surface area contributed by atoms with Crippen LogP contribution in [-0.4, -0.2) is 16.0 Å². The molecule has 0 amide bonds. The molecule has 1 unspecified atom stereocenters. The van der Waals surface area contributed by atoms with Crippen LogP contribution in [0.4, 0.5) is 5.69 Å². The van der Waals surface area contributed by atoms with E-state index in [2.05, 4.69) is 52.5 Å². The van der Waals surface area contributed by atoms with Gasteiger partial charge in [0.15, 0.2) is 2.14 Å². The molecule has 0 bridgehead atoms. The Kier molecular flexibility index (Phi) is 6.55. The molecule has 1 aromatic rings. The first kappa shape index (κ1) is 19.2. The molecule has 0 aliphatic heterocycles. The maximum atomic E-state index is 12.3. The van der Waals surface area contributed by atoms with Crippen molar-refractivity contribution in [3.05, 3.63) is 39.9 Å². The van der Waals surface area contributed by atoms with Gasteiger partial charge in [-0.15, -0.1) is 0 Å². The minimum absolute atomic E-state index is 0.0127. The van der Waals surface area contributed by atoms with Crippen molar-refractivity contribution < 1.29 is 9.13 Å². The topological polar surface area (TPSA) is 72.2 Å². The molecule has 0 saturated heterocycles. The highest BCUT2D eigenvalue weighted by Crippen LogP contribution is 2.45. The van der Waals surface area contributed by atoms with Crippen LogP contribution in [0.2, 0.25) is 0 Å². The van der Waals surface area contributed by atoms with Gasteiger partial charge in [-0.25, -0.2) is 8.93 Å². The highest BCUT2D eigenvalue weighted by molar-refractivity contribution is 9.39. The van der Waals surface area contributed by atoms with E-state index in [9.17, 15) is 14.3 Å². The van der Waals surface area contributed by atoms with E-state index in [1.807, 2.05) is 20.8 Å². The molecule has 0 radical (unpaired) electrons. The third-order valence-corrected chi connectivity index (χ3v) is 5.48. The fraction of sp³-hybridized carbons (Fsp3) is 0.500. The van der Waals surface area contributed by atoms with Gasteiger partial charge in [-0.3, -0.25) is 10.1 Å². The zero-order valence-electron chi connectivity index (χ0n) is 11.6. The van der Waals surface area contributed by atoms with E-state index in [0.717, 1.165) is 5.56 Å². The number of hydrogen-bond acceptors (Lipinski definition) is 3. The summed E-state index contributed by atoms with van der Waals surface area (Å²) < 4.78 is 14.2. The number of nitrogens with zero attached hydrogens (tertiary/aromatic N) is 1. The summed E-state index contributed by atoms with van der Waals surface area (Å²) in [7, 11) is -1.30. The largest absolute Gasteiger partial charge is 0.269 e. The summed E-state index contributed by atoms with van der Waals surface area (Å²) in [5, 5.41) is 10.7. The number of nitro benzene ring substituents is 1. The fourth-order valence-corrected chi connectivity index (χ4v) is 3.87. The molecule has 0 aromatic heterocycles. The normalized spacial score (nSPS) is 15.5. The van der Waals surface area contributed by atoms with Gasteiger partial charge in [-0.05, 0) is 26.3 Å². The number of hydrogen-bond donors (Lipinski definition) is 1.